The van der Waals surface area contributed by atoms with Crippen molar-refractivity contribution in [2.45, 2.75) is 13.3 Å². The first-order valence-electron chi connectivity index (χ1n) is 4.59. The maximum atomic E-state index is 10.9. The second-order valence-electron chi connectivity index (χ2n) is 2.88. The minimum atomic E-state index is -0.356. The number of carbonyl (C=O) groups excluding carboxylic acids is 1. The van der Waals surface area contributed by atoms with Crippen molar-refractivity contribution in [1.29, 1.82) is 0 Å². The average molecular weight is 210 g/mol. The van der Waals surface area contributed by atoms with Crippen molar-refractivity contribution in [1.82, 2.24) is 9.97 Å². The van der Waals surface area contributed by atoms with Crippen molar-refractivity contribution >= 4 is 17.6 Å². The number of rotatable bonds is 4. The Hall–Kier alpha value is -1.85. The van der Waals surface area contributed by atoms with E-state index in [4.69, 9.17) is 5.73 Å². The Morgan fingerprint density at radius 1 is 1.60 bits per heavy atom. The molecule has 1 aromatic rings. The molecule has 0 aliphatic carbocycles. The topological polar surface area (TPSA) is 90.1 Å². The number of methoxy groups -OCH3 is 1. The van der Waals surface area contributed by atoms with E-state index in [1.807, 2.05) is 6.92 Å². The number of esters is 1. The number of nitrogens with two attached hydrogens (primary N) is 1. The molecule has 0 fully saturated rings. The summed E-state index contributed by atoms with van der Waals surface area (Å²) in [6.07, 6.45) is 0.692. The molecule has 0 atom stereocenters. The van der Waals surface area contributed by atoms with Gasteiger partial charge in [-0.15, -0.1) is 0 Å². The summed E-state index contributed by atoms with van der Waals surface area (Å²) in [6.45, 7) is 2.00. The van der Waals surface area contributed by atoms with Crippen molar-refractivity contribution in [3.63, 3.8) is 0 Å². The maximum absolute atomic E-state index is 10.9. The summed E-state index contributed by atoms with van der Waals surface area (Å²) in [7, 11) is 1.33. The van der Waals surface area contributed by atoms with Gasteiger partial charge < -0.3 is 15.8 Å². The second kappa shape index (κ2) is 5.14. The molecule has 0 unspecified atom stereocenters. The normalized spacial score (nSPS) is 9.73. The molecule has 6 heteroatoms. The molecule has 0 saturated heterocycles. The lowest BCUT2D eigenvalue weighted by Crippen LogP contribution is -2.16. The highest BCUT2D eigenvalue weighted by atomic mass is 16.5. The predicted molar refractivity (Wildman–Crippen MR) is 56.3 cm³/mol. The molecule has 6 nitrogen and oxygen atoms in total. The van der Waals surface area contributed by atoms with Crippen LogP contribution in [0.25, 0.3) is 0 Å². The van der Waals surface area contributed by atoms with Crippen LogP contribution < -0.4 is 11.1 Å². The number of aryl methyl sites for hydroxylation is 1. The van der Waals surface area contributed by atoms with Crippen LogP contribution in [0.5, 0.6) is 0 Å². The van der Waals surface area contributed by atoms with Gasteiger partial charge in [0.1, 0.15) is 24.0 Å². The van der Waals surface area contributed by atoms with E-state index in [1.165, 1.54) is 7.11 Å². The molecule has 82 valence electrons. The molecule has 0 bridgehead atoms. The minimum absolute atomic E-state index is 0.0656. The lowest BCUT2D eigenvalue weighted by Gasteiger charge is -2.06. The van der Waals surface area contributed by atoms with Gasteiger partial charge in [-0.3, -0.25) is 4.79 Å². The number of hydrogen-bond donors (Lipinski definition) is 2. The molecule has 0 aromatic carbocycles. The molecule has 0 spiro atoms. The zero-order chi connectivity index (χ0) is 11.3. The minimum Gasteiger partial charge on any atom is -0.468 e. The van der Waals surface area contributed by atoms with Gasteiger partial charge in [0.05, 0.1) is 7.11 Å². The van der Waals surface area contributed by atoms with Gasteiger partial charge in [0.25, 0.3) is 0 Å². The van der Waals surface area contributed by atoms with Crippen molar-refractivity contribution in [2.75, 3.05) is 24.7 Å². The van der Waals surface area contributed by atoms with Crippen LogP contribution in [0, 0.1) is 0 Å². The van der Waals surface area contributed by atoms with Gasteiger partial charge in [0.15, 0.2) is 0 Å². The van der Waals surface area contributed by atoms with E-state index in [0.717, 1.165) is 0 Å². The Bertz CT molecular complexity index is 354. The van der Waals surface area contributed by atoms with E-state index in [1.54, 1.807) is 6.07 Å². The van der Waals surface area contributed by atoms with Crippen LogP contribution in [0.3, 0.4) is 0 Å². The van der Waals surface area contributed by atoms with Gasteiger partial charge in [-0.05, 0) is 0 Å². The molecular formula is C9H14N4O2. The first kappa shape index (κ1) is 11.2. The van der Waals surface area contributed by atoms with E-state index in [9.17, 15) is 4.79 Å². The van der Waals surface area contributed by atoms with E-state index < -0.39 is 0 Å². The molecule has 0 aliphatic heterocycles. The third-order valence-corrected chi connectivity index (χ3v) is 1.75. The van der Waals surface area contributed by atoms with Crippen molar-refractivity contribution in [3.8, 4) is 0 Å². The van der Waals surface area contributed by atoms with Crippen LogP contribution in [0.1, 0.15) is 12.7 Å². The predicted octanol–water partition coefficient (Wildman–Crippen LogP) is 0.206. The van der Waals surface area contributed by atoms with Crippen LogP contribution in [0.4, 0.5) is 11.6 Å². The monoisotopic (exact) mass is 210 g/mol. The number of ether oxygens (including phenoxy) is 1. The molecule has 0 radical (unpaired) electrons. The smallest absolute Gasteiger partial charge is 0.325 e. The highest BCUT2D eigenvalue weighted by Crippen LogP contribution is 2.08. The Kier molecular flexibility index (Phi) is 3.84. The summed E-state index contributed by atoms with van der Waals surface area (Å²) in [5.41, 5.74) is 5.57. The van der Waals surface area contributed by atoms with Crippen LogP contribution in [-0.4, -0.2) is 29.6 Å². The molecule has 1 heterocycles. The fourth-order valence-corrected chi connectivity index (χ4v) is 1.00. The Labute approximate surface area is 87.9 Å². The van der Waals surface area contributed by atoms with Gasteiger partial charge in [-0.25, -0.2) is 9.97 Å². The largest absolute Gasteiger partial charge is 0.468 e. The number of aromatic nitrogens is 2. The van der Waals surface area contributed by atoms with Crippen LogP contribution >= 0.6 is 0 Å². The highest BCUT2D eigenvalue weighted by molar-refractivity contribution is 5.74. The van der Waals surface area contributed by atoms with Gasteiger partial charge in [-0.2, -0.15) is 0 Å². The summed E-state index contributed by atoms with van der Waals surface area (Å²) in [5, 5.41) is 2.81. The molecule has 1 rings (SSSR count). The number of nitrogens with zero attached hydrogens (tertiary/aromatic N) is 2. The van der Waals surface area contributed by atoms with Gasteiger partial charge in [0.2, 0.25) is 0 Å². The maximum Gasteiger partial charge on any atom is 0.325 e. The lowest BCUT2D eigenvalue weighted by atomic mass is 10.4. The van der Waals surface area contributed by atoms with Gasteiger partial charge in [0, 0.05) is 12.5 Å². The first-order valence-corrected chi connectivity index (χ1v) is 4.59. The van der Waals surface area contributed by atoms with Crippen LogP contribution in [0.15, 0.2) is 6.07 Å². The summed E-state index contributed by atoms with van der Waals surface area (Å²) < 4.78 is 4.48. The SMILES string of the molecule is CCc1nc(N)cc(NCC(=O)OC)n1. The van der Waals surface area contributed by atoms with E-state index in [-0.39, 0.29) is 12.5 Å². The van der Waals surface area contributed by atoms with E-state index in [2.05, 4.69) is 20.0 Å². The Morgan fingerprint density at radius 3 is 2.93 bits per heavy atom. The molecule has 0 saturated carbocycles. The molecule has 1 aromatic heterocycles. The molecule has 0 amide bonds. The standard InChI is InChI=1S/C9H14N4O2/c1-3-7-12-6(10)4-8(13-7)11-5-9(14)15-2/h4H,3,5H2,1-2H3,(H3,10,11,12,13). The number of hydrogen-bond acceptors (Lipinski definition) is 6. The Morgan fingerprint density at radius 2 is 2.33 bits per heavy atom. The summed E-state index contributed by atoms with van der Waals surface area (Å²) in [6, 6.07) is 1.57. The van der Waals surface area contributed by atoms with Gasteiger partial charge in [-0.1, -0.05) is 6.92 Å². The fraction of sp³-hybridized carbons (Fsp3) is 0.444. The highest BCUT2D eigenvalue weighted by Gasteiger charge is 2.03. The Balaban J connectivity index is 2.68. The zero-order valence-electron chi connectivity index (χ0n) is 8.78. The second-order valence-corrected chi connectivity index (χ2v) is 2.88. The fourth-order valence-electron chi connectivity index (χ4n) is 1.00. The summed E-state index contributed by atoms with van der Waals surface area (Å²) >= 11 is 0. The average Bonchev–Trinajstić information content (AvgIpc) is 2.25. The summed E-state index contributed by atoms with van der Waals surface area (Å²) in [4.78, 5) is 19.0. The van der Waals surface area contributed by atoms with E-state index in [0.29, 0.717) is 23.9 Å². The number of anilines is 2. The first-order chi connectivity index (χ1) is 7.15. The quantitative estimate of drug-likeness (QED) is 0.690. The lowest BCUT2D eigenvalue weighted by molar-refractivity contribution is -0.138. The van der Waals surface area contributed by atoms with Crippen molar-refractivity contribution in [3.05, 3.63) is 11.9 Å². The molecule has 0 aliphatic rings. The molecular weight excluding hydrogens is 196 g/mol. The van der Waals surface area contributed by atoms with Gasteiger partial charge >= 0.3 is 5.97 Å². The molecule has 15 heavy (non-hydrogen) atoms. The van der Waals surface area contributed by atoms with E-state index >= 15 is 0 Å². The third-order valence-electron chi connectivity index (χ3n) is 1.75. The van der Waals surface area contributed by atoms with Crippen molar-refractivity contribution < 1.29 is 9.53 Å². The third kappa shape index (κ3) is 3.41. The molecule has 3 N–H and O–H groups in total. The van der Waals surface area contributed by atoms with Crippen LogP contribution in [0.2, 0.25) is 0 Å². The summed E-state index contributed by atoms with van der Waals surface area (Å²) in [5.74, 6) is 1.20. The zero-order valence-corrected chi connectivity index (χ0v) is 8.78. The number of carbonyl (C=O) groups is 1. The van der Waals surface area contributed by atoms with Crippen molar-refractivity contribution in [2.24, 2.45) is 0 Å². The number of nitrogens with one attached hydrogen (secondary N) is 1. The van der Waals surface area contributed by atoms with Crippen LogP contribution in [-0.2, 0) is 16.0 Å². The number of nitrogen functional groups attached to an aromatic ring is 1.